The van der Waals surface area contributed by atoms with Crippen LogP contribution >= 0.6 is 11.3 Å². The Bertz CT molecular complexity index is 290. The van der Waals surface area contributed by atoms with Gasteiger partial charge in [0, 0.05) is 11.6 Å². The molecule has 0 aliphatic carbocycles. The van der Waals surface area contributed by atoms with Crippen molar-refractivity contribution >= 4 is 26.8 Å². The van der Waals surface area contributed by atoms with E-state index in [4.69, 9.17) is 0 Å². The van der Waals surface area contributed by atoms with Gasteiger partial charge in [-0.25, -0.2) is 13.4 Å². The Balaban J connectivity index is 2.75. The van der Waals surface area contributed by atoms with Crippen LogP contribution in [0.15, 0.2) is 11.6 Å². The molecular weight excluding hydrogens is 176 g/mol. The molecule has 0 aromatic carbocycles. The van der Waals surface area contributed by atoms with E-state index in [1.807, 2.05) is 0 Å². The van der Waals surface area contributed by atoms with Gasteiger partial charge in [0.2, 0.25) is 0 Å². The lowest BCUT2D eigenvalue weighted by Gasteiger charge is -2.05. The largest absolute Gasteiger partial charge is 0.731 e. The maximum atomic E-state index is 10.00. The summed E-state index contributed by atoms with van der Waals surface area (Å²) < 4.78 is 31.7. The number of hydrogen-bond donors (Lipinski definition) is 1. The fraction of sp³-hybridized carbons (Fsp3) is 0. The van der Waals surface area contributed by atoms with Crippen LogP contribution in [0.5, 0.6) is 0 Å². The zero-order chi connectivity index (χ0) is 7.61. The summed E-state index contributed by atoms with van der Waals surface area (Å²) in [5, 5.41) is 1.66. The van der Waals surface area contributed by atoms with Gasteiger partial charge in [-0.1, -0.05) is 0 Å². The van der Waals surface area contributed by atoms with Gasteiger partial charge in [-0.05, 0) is 0 Å². The summed E-state index contributed by atoms with van der Waals surface area (Å²) in [6.45, 7) is 0. The van der Waals surface area contributed by atoms with Gasteiger partial charge in [0.25, 0.3) is 0 Å². The molecule has 0 unspecified atom stereocenters. The van der Waals surface area contributed by atoms with Gasteiger partial charge in [0.05, 0.1) is 0 Å². The molecular formula is C3H3N2O3S2-. The quantitative estimate of drug-likeness (QED) is 0.648. The van der Waals surface area contributed by atoms with Crippen LogP contribution in [0, 0.1) is 0 Å². The average molecular weight is 179 g/mol. The molecule has 5 nitrogen and oxygen atoms in total. The standard InChI is InChI=1S/C3H4N2O3S2/c6-10(7,8)5-3-4-1-2-9-3/h1-2H,(H,4,5)(H,6,7,8)/p-1. The molecule has 1 rings (SSSR count). The minimum Gasteiger partial charge on any atom is -0.731 e. The number of rotatable bonds is 2. The summed E-state index contributed by atoms with van der Waals surface area (Å²) in [5.41, 5.74) is 0. The third-order valence-corrected chi connectivity index (χ3v) is 1.91. The Labute approximate surface area is 61.6 Å². The molecule has 0 atom stereocenters. The number of nitrogens with zero attached hydrogens (tertiary/aromatic N) is 1. The maximum Gasteiger partial charge on any atom is 0.195 e. The van der Waals surface area contributed by atoms with Crippen molar-refractivity contribution in [2.45, 2.75) is 0 Å². The second-order valence-corrected chi connectivity index (χ2v) is 3.40. The molecule has 0 aliphatic rings. The second-order valence-electron chi connectivity index (χ2n) is 1.39. The molecule has 1 aromatic rings. The van der Waals surface area contributed by atoms with E-state index in [-0.39, 0.29) is 5.13 Å². The molecule has 1 aromatic heterocycles. The predicted molar refractivity (Wildman–Crippen MR) is 35.4 cm³/mol. The van der Waals surface area contributed by atoms with E-state index < -0.39 is 10.3 Å². The highest BCUT2D eigenvalue weighted by Crippen LogP contribution is 2.10. The van der Waals surface area contributed by atoms with E-state index >= 15 is 0 Å². The topological polar surface area (TPSA) is 82.1 Å². The Hall–Kier alpha value is -0.660. The minimum atomic E-state index is -4.40. The number of hydrogen-bond acceptors (Lipinski definition) is 5. The fourth-order valence-electron chi connectivity index (χ4n) is 0.381. The summed E-state index contributed by atoms with van der Waals surface area (Å²) in [7, 11) is -4.40. The monoisotopic (exact) mass is 179 g/mol. The van der Waals surface area contributed by atoms with Gasteiger partial charge in [-0.15, -0.1) is 11.3 Å². The summed E-state index contributed by atoms with van der Waals surface area (Å²) in [5.74, 6) is 0. The molecule has 1 heterocycles. The molecule has 56 valence electrons. The Morgan fingerprint density at radius 2 is 2.40 bits per heavy atom. The van der Waals surface area contributed by atoms with Crippen molar-refractivity contribution in [2.24, 2.45) is 0 Å². The summed E-state index contributed by atoms with van der Waals surface area (Å²) >= 11 is 1.05. The first-order valence-electron chi connectivity index (χ1n) is 2.21. The van der Waals surface area contributed by atoms with Crippen molar-refractivity contribution in [2.75, 3.05) is 4.72 Å². The molecule has 0 radical (unpaired) electrons. The van der Waals surface area contributed by atoms with E-state index in [1.165, 1.54) is 6.20 Å². The van der Waals surface area contributed by atoms with Gasteiger partial charge in [0.15, 0.2) is 15.4 Å². The summed E-state index contributed by atoms with van der Waals surface area (Å²) in [4.78, 5) is 3.53. The lowest BCUT2D eigenvalue weighted by Crippen LogP contribution is -2.10. The Morgan fingerprint density at radius 1 is 1.70 bits per heavy atom. The van der Waals surface area contributed by atoms with Crippen LogP contribution in [0.3, 0.4) is 0 Å². The third kappa shape index (κ3) is 2.29. The van der Waals surface area contributed by atoms with Crippen LogP contribution in [0.4, 0.5) is 5.13 Å². The van der Waals surface area contributed by atoms with Crippen molar-refractivity contribution in [1.82, 2.24) is 4.98 Å². The van der Waals surface area contributed by atoms with E-state index in [0.717, 1.165) is 11.3 Å². The van der Waals surface area contributed by atoms with Crippen LogP contribution < -0.4 is 4.72 Å². The smallest absolute Gasteiger partial charge is 0.195 e. The third-order valence-electron chi connectivity index (χ3n) is 0.645. The summed E-state index contributed by atoms with van der Waals surface area (Å²) in [6, 6.07) is 0. The van der Waals surface area contributed by atoms with E-state index in [9.17, 15) is 13.0 Å². The lowest BCUT2D eigenvalue weighted by molar-refractivity contribution is 0.469. The zero-order valence-electron chi connectivity index (χ0n) is 4.64. The zero-order valence-corrected chi connectivity index (χ0v) is 6.28. The number of thiazole rings is 1. The second kappa shape index (κ2) is 2.52. The van der Waals surface area contributed by atoms with Gasteiger partial charge < -0.3 is 4.55 Å². The SMILES string of the molecule is O=S(=O)([O-])Nc1nccs1. The molecule has 7 heteroatoms. The first-order valence-corrected chi connectivity index (χ1v) is 4.50. The molecule has 10 heavy (non-hydrogen) atoms. The van der Waals surface area contributed by atoms with Gasteiger partial charge >= 0.3 is 0 Å². The summed E-state index contributed by atoms with van der Waals surface area (Å²) in [6.07, 6.45) is 1.40. The highest BCUT2D eigenvalue weighted by atomic mass is 32.2. The maximum absolute atomic E-state index is 10.00. The van der Waals surface area contributed by atoms with Crippen molar-refractivity contribution in [3.63, 3.8) is 0 Å². The predicted octanol–water partition coefficient (Wildman–Crippen LogP) is 0.0152. The normalized spacial score (nSPS) is 11.3. The van der Waals surface area contributed by atoms with Crippen LogP contribution in [-0.2, 0) is 10.3 Å². The van der Waals surface area contributed by atoms with Crippen LogP contribution in [0.2, 0.25) is 0 Å². The van der Waals surface area contributed by atoms with Crippen LogP contribution in [0.25, 0.3) is 0 Å². The van der Waals surface area contributed by atoms with Crippen LogP contribution in [-0.4, -0.2) is 18.0 Å². The number of anilines is 1. The highest BCUT2D eigenvalue weighted by Gasteiger charge is 1.95. The molecule has 0 saturated carbocycles. The molecule has 0 aliphatic heterocycles. The van der Waals surface area contributed by atoms with E-state index in [0.29, 0.717) is 0 Å². The minimum absolute atomic E-state index is 0.0926. The number of aromatic nitrogens is 1. The molecule has 0 saturated heterocycles. The van der Waals surface area contributed by atoms with E-state index in [1.54, 1.807) is 10.1 Å². The molecule has 0 spiro atoms. The van der Waals surface area contributed by atoms with Gasteiger partial charge in [-0.3, -0.25) is 4.72 Å². The average Bonchev–Trinajstić information content (AvgIpc) is 2.12. The Kier molecular flexibility index (Phi) is 1.88. The van der Waals surface area contributed by atoms with Crippen LogP contribution in [0.1, 0.15) is 0 Å². The first-order chi connectivity index (χ1) is 4.58. The van der Waals surface area contributed by atoms with Gasteiger partial charge in [-0.2, -0.15) is 0 Å². The first kappa shape index (κ1) is 7.45. The van der Waals surface area contributed by atoms with E-state index in [2.05, 4.69) is 4.98 Å². The fourth-order valence-corrected chi connectivity index (χ4v) is 1.52. The van der Waals surface area contributed by atoms with Crippen molar-refractivity contribution < 1.29 is 13.0 Å². The highest BCUT2D eigenvalue weighted by molar-refractivity contribution is 7.87. The van der Waals surface area contributed by atoms with Crippen molar-refractivity contribution in [3.05, 3.63) is 11.6 Å². The molecule has 0 amide bonds. The lowest BCUT2D eigenvalue weighted by atomic mass is 11.0. The Morgan fingerprint density at radius 3 is 2.80 bits per heavy atom. The number of nitrogens with one attached hydrogen (secondary N) is 1. The van der Waals surface area contributed by atoms with Gasteiger partial charge in [0.1, 0.15) is 0 Å². The van der Waals surface area contributed by atoms with Crippen molar-refractivity contribution in [3.8, 4) is 0 Å². The molecule has 0 fully saturated rings. The molecule has 0 bridgehead atoms. The van der Waals surface area contributed by atoms with Crippen molar-refractivity contribution in [1.29, 1.82) is 0 Å². The molecule has 1 N–H and O–H groups in total.